The molecule has 1 aliphatic heterocycles. The summed E-state index contributed by atoms with van der Waals surface area (Å²) in [5.41, 5.74) is 9.49. The first-order chi connectivity index (χ1) is 17.5. The molecule has 0 aliphatic carbocycles. The Morgan fingerprint density at radius 1 is 0.944 bits per heavy atom. The molecule has 8 nitrogen and oxygen atoms in total. The molecule has 4 aromatic rings. The zero-order valence-corrected chi connectivity index (χ0v) is 20.7. The minimum absolute atomic E-state index is 0.0549. The minimum atomic E-state index is 0.0549. The Morgan fingerprint density at radius 2 is 1.67 bits per heavy atom. The van der Waals surface area contributed by atoms with Crippen molar-refractivity contribution in [1.82, 2.24) is 19.4 Å². The summed E-state index contributed by atoms with van der Waals surface area (Å²) in [6.45, 7) is 4.40. The summed E-state index contributed by atoms with van der Waals surface area (Å²) in [6.07, 6.45) is 1.71. The Balaban J connectivity index is 1.24. The van der Waals surface area contributed by atoms with Crippen LogP contribution in [0.25, 0.3) is 10.9 Å². The molecule has 1 saturated heterocycles. The van der Waals surface area contributed by atoms with E-state index in [-0.39, 0.29) is 5.91 Å². The molecule has 2 aromatic carbocycles. The van der Waals surface area contributed by atoms with Crippen LogP contribution in [0, 0.1) is 0 Å². The number of hydrogen-bond donors (Lipinski definition) is 1. The zero-order valence-electron chi connectivity index (χ0n) is 20.7. The normalized spacial score (nSPS) is 14.2. The summed E-state index contributed by atoms with van der Waals surface area (Å²) in [7, 11) is 3.61. The maximum Gasteiger partial charge on any atom is 0.270 e. The van der Waals surface area contributed by atoms with Crippen LogP contribution in [0.15, 0.2) is 66.9 Å². The predicted octanol–water partition coefficient (Wildman–Crippen LogP) is 3.79. The third-order valence-electron chi connectivity index (χ3n) is 6.71. The number of benzene rings is 2. The van der Waals surface area contributed by atoms with Crippen LogP contribution in [0.1, 0.15) is 21.6 Å². The van der Waals surface area contributed by atoms with Gasteiger partial charge in [0.2, 0.25) is 5.88 Å². The van der Waals surface area contributed by atoms with Crippen LogP contribution >= 0.6 is 0 Å². The number of fused-ring (bicyclic) bond motifs is 1. The third-order valence-corrected chi connectivity index (χ3v) is 6.71. The number of carbonyl (C=O) groups is 1. The molecular weight excluding hydrogens is 454 g/mol. The highest BCUT2D eigenvalue weighted by molar-refractivity contribution is 5.99. The van der Waals surface area contributed by atoms with Crippen molar-refractivity contribution in [3.05, 3.63) is 83.7 Å². The van der Waals surface area contributed by atoms with E-state index in [1.165, 1.54) is 5.56 Å². The van der Waals surface area contributed by atoms with Crippen molar-refractivity contribution in [2.45, 2.75) is 13.1 Å². The van der Waals surface area contributed by atoms with Crippen LogP contribution in [-0.2, 0) is 20.1 Å². The highest BCUT2D eigenvalue weighted by Gasteiger charge is 2.24. The standard InChI is InChI=1S/C28H31N5O3/c1-31-25-9-8-24(36-27-10-5-21(17-29)18-30-27)15-22(25)16-26(31)28(34)33-13-11-32(12-14-33)19-20-3-6-23(35-2)7-4-20/h3-10,15-16,18H,11-14,17,19,29H2,1-2H3. The van der Waals surface area contributed by atoms with E-state index in [0.717, 1.165) is 41.9 Å². The lowest BCUT2D eigenvalue weighted by Crippen LogP contribution is -2.48. The van der Waals surface area contributed by atoms with Crippen molar-refractivity contribution >= 4 is 16.8 Å². The first-order valence-corrected chi connectivity index (χ1v) is 12.1. The summed E-state index contributed by atoms with van der Waals surface area (Å²) in [5.74, 6) is 2.10. The predicted molar refractivity (Wildman–Crippen MR) is 139 cm³/mol. The van der Waals surface area contributed by atoms with Gasteiger partial charge in [-0.05, 0) is 47.5 Å². The van der Waals surface area contributed by atoms with Gasteiger partial charge in [-0.2, -0.15) is 0 Å². The van der Waals surface area contributed by atoms with Gasteiger partial charge in [-0.1, -0.05) is 18.2 Å². The molecule has 0 atom stereocenters. The number of carbonyl (C=O) groups excluding carboxylic acids is 1. The Labute approximate surface area is 210 Å². The summed E-state index contributed by atoms with van der Waals surface area (Å²) < 4.78 is 13.1. The second-order valence-electron chi connectivity index (χ2n) is 9.04. The van der Waals surface area contributed by atoms with Crippen LogP contribution < -0.4 is 15.2 Å². The number of amides is 1. The zero-order chi connectivity index (χ0) is 25.1. The van der Waals surface area contributed by atoms with Crippen LogP contribution in [0.4, 0.5) is 0 Å². The first-order valence-electron chi connectivity index (χ1n) is 12.1. The van der Waals surface area contributed by atoms with Crippen molar-refractivity contribution < 1.29 is 14.3 Å². The van der Waals surface area contributed by atoms with Gasteiger partial charge in [-0.3, -0.25) is 9.69 Å². The van der Waals surface area contributed by atoms with Gasteiger partial charge in [0.15, 0.2) is 0 Å². The molecule has 5 rings (SSSR count). The van der Waals surface area contributed by atoms with Crippen LogP contribution in [0.3, 0.4) is 0 Å². The molecule has 0 saturated carbocycles. The largest absolute Gasteiger partial charge is 0.497 e. The van der Waals surface area contributed by atoms with Crippen LogP contribution in [-0.4, -0.2) is 58.5 Å². The number of methoxy groups -OCH3 is 1. The number of nitrogens with zero attached hydrogens (tertiary/aromatic N) is 4. The fraction of sp³-hybridized carbons (Fsp3) is 0.286. The lowest BCUT2D eigenvalue weighted by atomic mass is 10.2. The fourth-order valence-electron chi connectivity index (χ4n) is 4.57. The van der Waals surface area contributed by atoms with E-state index >= 15 is 0 Å². The Morgan fingerprint density at radius 3 is 2.33 bits per heavy atom. The summed E-state index contributed by atoms with van der Waals surface area (Å²) in [5, 5.41) is 0.954. The van der Waals surface area contributed by atoms with E-state index < -0.39 is 0 Å². The van der Waals surface area contributed by atoms with Gasteiger partial charge >= 0.3 is 0 Å². The molecule has 0 bridgehead atoms. The smallest absolute Gasteiger partial charge is 0.270 e. The van der Waals surface area contributed by atoms with Crippen molar-refractivity contribution in [3.63, 3.8) is 0 Å². The summed E-state index contributed by atoms with van der Waals surface area (Å²) in [6, 6.07) is 19.6. The second-order valence-corrected chi connectivity index (χ2v) is 9.04. The second kappa shape index (κ2) is 10.4. The van der Waals surface area contributed by atoms with Gasteiger partial charge in [-0.15, -0.1) is 0 Å². The van der Waals surface area contributed by atoms with E-state index in [9.17, 15) is 4.79 Å². The van der Waals surface area contributed by atoms with Gasteiger partial charge < -0.3 is 24.7 Å². The lowest BCUT2D eigenvalue weighted by Gasteiger charge is -2.34. The summed E-state index contributed by atoms with van der Waals surface area (Å²) in [4.78, 5) is 22.0. The molecule has 2 N–H and O–H groups in total. The van der Waals surface area contributed by atoms with E-state index in [1.54, 1.807) is 19.4 Å². The van der Waals surface area contributed by atoms with Gasteiger partial charge in [0.1, 0.15) is 17.2 Å². The molecule has 1 fully saturated rings. The third kappa shape index (κ3) is 5.05. The average molecular weight is 486 g/mol. The van der Waals surface area contributed by atoms with E-state index in [0.29, 0.717) is 37.0 Å². The Kier molecular flexibility index (Phi) is 6.88. The number of aromatic nitrogens is 2. The van der Waals surface area contributed by atoms with Crippen molar-refractivity contribution in [2.24, 2.45) is 12.8 Å². The Bertz CT molecular complexity index is 1340. The van der Waals surface area contributed by atoms with Gasteiger partial charge in [-0.25, -0.2) is 4.98 Å². The van der Waals surface area contributed by atoms with Crippen molar-refractivity contribution in [3.8, 4) is 17.4 Å². The molecule has 0 unspecified atom stereocenters. The molecule has 1 amide bonds. The molecule has 3 heterocycles. The number of ether oxygens (including phenoxy) is 2. The molecular formula is C28H31N5O3. The first kappa shape index (κ1) is 23.8. The van der Waals surface area contributed by atoms with Gasteiger partial charge in [0, 0.05) is 69.5 Å². The van der Waals surface area contributed by atoms with Gasteiger partial charge in [0.05, 0.1) is 7.11 Å². The molecule has 186 valence electrons. The molecule has 0 radical (unpaired) electrons. The number of piperazine rings is 1. The van der Waals surface area contributed by atoms with Crippen LogP contribution in [0.5, 0.6) is 17.4 Å². The number of hydrogen-bond acceptors (Lipinski definition) is 6. The highest BCUT2D eigenvalue weighted by Crippen LogP contribution is 2.27. The minimum Gasteiger partial charge on any atom is -0.497 e. The average Bonchev–Trinajstić information content (AvgIpc) is 3.25. The maximum absolute atomic E-state index is 13.4. The SMILES string of the molecule is COc1ccc(CN2CCN(C(=O)c3cc4cc(Oc5ccc(CN)cn5)ccc4n3C)CC2)cc1. The monoisotopic (exact) mass is 485 g/mol. The topological polar surface area (TPSA) is 85.8 Å². The van der Waals surface area contributed by atoms with Crippen molar-refractivity contribution in [1.29, 1.82) is 0 Å². The molecule has 36 heavy (non-hydrogen) atoms. The van der Waals surface area contributed by atoms with Crippen LogP contribution in [0.2, 0.25) is 0 Å². The van der Waals surface area contributed by atoms with E-state index in [4.69, 9.17) is 15.2 Å². The van der Waals surface area contributed by atoms with Gasteiger partial charge in [0.25, 0.3) is 5.91 Å². The number of aryl methyl sites for hydroxylation is 1. The molecule has 2 aromatic heterocycles. The van der Waals surface area contributed by atoms with E-state index in [1.807, 2.05) is 59.0 Å². The number of pyridine rings is 1. The fourth-order valence-corrected chi connectivity index (χ4v) is 4.57. The van der Waals surface area contributed by atoms with Crippen molar-refractivity contribution in [2.75, 3.05) is 33.3 Å². The number of nitrogens with two attached hydrogens (primary N) is 1. The lowest BCUT2D eigenvalue weighted by molar-refractivity contribution is 0.0619. The molecule has 0 spiro atoms. The highest BCUT2D eigenvalue weighted by atomic mass is 16.5. The molecule has 1 aliphatic rings. The Hall–Kier alpha value is -3.88. The van der Waals surface area contributed by atoms with E-state index in [2.05, 4.69) is 22.0 Å². The maximum atomic E-state index is 13.4. The quantitative estimate of drug-likeness (QED) is 0.429. The summed E-state index contributed by atoms with van der Waals surface area (Å²) >= 11 is 0. The number of rotatable bonds is 7. The molecule has 8 heteroatoms.